The second-order valence-electron chi connectivity index (χ2n) is 9.57. The van der Waals surface area contributed by atoms with Crippen LogP contribution in [0, 0.1) is 5.92 Å². The van der Waals surface area contributed by atoms with Crippen LogP contribution in [-0.4, -0.2) is 12.6 Å². The van der Waals surface area contributed by atoms with Crippen molar-refractivity contribution in [3.63, 3.8) is 0 Å². The summed E-state index contributed by atoms with van der Waals surface area (Å²) in [4.78, 5) is 12.3. The van der Waals surface area contributed by atoms with Gasteiger partial charge in [0.2, 0.25) is 0 Å². The lowest BCUT2D eigenvalue weighted by molar-refractivity contribution is -0.139. The Labute approximate surface area is 184 Å². The number of unbranched alkanes of at least 4 members (excludes halogenated alkanes) is 3. The molecule has 0 aromatic heterocycles. The number of esters is 1. The molecular formula is C28H42O2. The SMILES string of the molecule is CCCCCCOC(=O)C1=CCC(c2ccc([C@H]3CC[C@H](CCC)CC3)cc2)CC1. The second-order valence-corrected chi connectivity index (χ2v) is 9.57. The van der Waals surface area contributed by atoms with E-state index in [1.165, 1.54) is 62.5 Å². The zero-order valence-electron chi connectivity index (χ0n) is 19.3. The average molecular weight is 411 g/mol. The van der Waals surface area contributed by atoms with E-state index in [2.05, 4.69) is 44.2 Å². The fourth-order valence-electron chi connectivity index (χ4n) is 5.34. The highest BCUT2D eigenvalue weighted by atomic mass is 16.5. The van der Waals surface area contributed by atoms with Crippen LogP contribution in [0.1, 0.15) is 120 Å². The van der Waals surface area contributed by atoms with Crippen molar-refractivity contribution in [2.24, 2.45) is 5.92 Å². The van der Waals surface area contributed by atoms with Crippen LogP contribution in [0.25, 0.3) is 0 Å². The summed E-state index contributed by atoms with van der Waals surface area (Å²) in [7, 11) is 0. The largest absolute Gasteiger partial charge is 0.462 e. The number of benzene rings is 1. The summed E-state index contributed by atoms with van der Waals surface area (Å²) in [6, 6.07) is 9.46. The van der Waals surface area contributed by atoms with Gasteiger partial charge in [-0.25, -0.2) is 4.79 Å². The fraction of sp³-hybridized carbons (Fsp3) is 0.679. The highest BCUT2D eigenvalue weighted by Gasteiger charge is 2.23. The van der Waals surface area contributed by atoms with E-state index in [1.807, 2.05) is 0 Å². The lowest BCUT2D eigenvalue weighted by Gasteiger charge is -2.29. The molecular weight excluding hydrogens is 368 g/mol. The Bertz CT molecular complexity index is 664. The molecule has 1 aromatic carbocycles. The molecule has 0 N–H and O–H groups in total. The Hall–Kier alpha value is -1.57. The minimum Gasteiger partial charge on any atom is -0.462 e. The summed E-state index contributed by atoms with van der Waals surface area (Å²) in [6.45, 7) is 5.08. The molecule has 0 aliphatic heterocycles. The van der Waals surface area contributed by atoms with Crippen molar-refractivity contribution in [2.75, 3.05) is 6.61 Å². The number of ether oxygens (including phenoxy) is 1. The fourth-order valence-corrected chi connectivity index (χ4v) is 5.34. The van der Waals surface area contributed by atoms with Crippen molar-refractivity contribution in [2.45, 2.75) is 109 Å². The van der Waals surface area contributed by atoms with Crippen LogP contribution in [0.2, 0.25) is 0 Å². The van der Waals surface area contributed by atoms with Gasteiger partial charge in [0.25, 0.3) is 0 Å². The first-order valence-electron chi connectivity index (χ1n) is 12.7. The Balaban J connectivity index is 1.45. The highest BCUT2D eigenvalue weighted by Crippen LogP contribution is 2.38. The van der Waals surface area contributed by atoms with Crippen LogP contribution in [0.4, 0.5) is 0 Å². The zero-order valence-corrected chi connectivity index (χ0v) is 19.3. The summed E-state index contributed by atoms with van der Waals surface area (Å²) in [5.74, 6) is 2.19. The molecule has 2 aliphatic carbocycles. The molecule has 2 heteroatoms. The molecule has 0 spiro atoms. The van der Waals surface area contributed by atoms with Crippen LogP contribution in [0.5, 0.6) is 0 Å². The normalized spacial score (nSPS) is 24.3. The van der Waals surface area contributed by atoms with Gasteiger partial charge in [-0.2, -0.15) is 0 Å². The number of allylic oxidation sites excluding steroid dienone is 1. The average Bonchev–Trinajstić information content (AvgIpc) is 2.80. The summed E-state index contributed by atoms with van der Waals surface area (Å²) in [5, 5.41) is 0. The van der Waals surface area contributed by atoms with Gasteiger partial charge in [0.05, 0.1) is 6.61 Å². The third kappa shape index (κ3) is 6.72. The van der Waals surface area contributed by atoms with Crippen molar-refractivity contribution in [3.8, 4) is 0 Å². The first kappa shape index (κ1) is 23.1. The van der Waals surface area contributed by atoms with Crippen molar-refractivity contribution in [1.82, 2.24) is 0 Å². The first-order valence-corrected chi connectivity index (χ1v) is 12.7. The molecule has 2 nitrogen and oxygen atoms in total. The summed E-state index contributed by atoms with van der Waals surface area (Å²) >= 11 is 0. The maximum atomic E-state index is 12.3. The molecule has 2 aliphatic rings. The van der Waals surface area contributed by atoms with E-state index in [4.69, 9.17) is 4.74 Å². The molecule has 1 atom stereocenters. The number of hydrogen-bond acceptors (Lipinski definition) is 2. The molecule has 166 valence electrons. The third-order valence-electron chi connectivity index (χ3n) is 7.33. The minimum atomic E-state index is -0.0843. The van der Waals surface area contributed by atoms with Crippen LogP contribution < -0.4 is 0 Å². The van der Waals surface area contributed by atoms with Gasteiger partial charge < -0.3 is 4.74 Å². The standard InChI is InChI=1S/C28H42O2/c1-3-5-6-7-21-30-28(29)27-19-17-26(18-20-27)25-15-13-24(14-16-25)23-11-9-22(8-4-2)10-12-23/h13-16,19,22-23,26H,3-12,17-18,20-21H2,1-2H3/t22-,23-,26?. The quantitative estimate of drug-likeness (QED) is 0.288. The molecule has 0 radical (unpaired) electrons. The van der Waals surface area contributed by atoms with Gasteiger partial charge in [-0.05, 0) is 80.2 Å². The lowest BCUT2D eigenvalue weighted by Crippen LogP contribution is -2.14. The van der Waals surface area contributed by atoms with Crippen LogP contribution in [-0.2, 0) is 9.53 Å². The molecule has 1 aromatic rings. The number of rotatable bonds is 10. The maximum absolute atomic E-state index is 12.3. The summed E-state index contributed by atoms with van der Waals surface area (Å²) < 4.78 is 5.47. The molecule has 30 heavy (non-hydrogen) atoms. The lowest BCUT2D eigenvalue weighted by atomic mass is 9.76. The molecule has 0 heterocycles. The van der Waals surface area contributed by atoms with Crippen LogP contribution in [0.15, 0.2) is 35.9 Å². The van der Waals surface area contributed by atoms with Crippen LogP contribution in [0.3, 0.4) is 0 Å². The number of hydrogen-bond donors (Lipinski definition) is 0. The molecule has 0 saturated heterocycles. The van der Waals surface area contributed by atoms with Gasteiger partial charge >= 0.3 is 5.97 Å². The maximum Gasteiger partial charge on any atom is 0.333 e. The van der Waals surface area contributed by atoms with E-state index in [-0.39, 0.29) is 5.97 Å². The van der Waals surface area contributed by atoms with E-state index in [0.717, 1.165) is 49.5 Å². The smallest absolute Gasteiger partial charge is 0.333 e. The van der Waals surface area contributed by atoms with Gasteiger partial charge in [0, 0.05) is 5.57 Å². The van der Waals surface area contributed by atoms with E-state index < -0.39 is 0 Å². The van der Waals surface area contributed by atoms with Crippen molar-refractivity contribution in [3.05, 3.63) is 47.0 Å². The topological polar surface area (TPSA) is 26.3 Å². The molecule has 3 rings (SSSR count). The Morgan fingerprint density at radius 3 is 2.17 bits per heavy atom. The van der Waals surface area contributed by atoms with E-state index in [0.29, 0.717) is 12.5 Å². The van der Waals surface area contributed by atoms with Crippen molar-refractivity contribution >= 4 is 5.97 Å². The van der Waals surface area contributed by atoms with Gasteiger partial charge in [0.15, 0.2) is 0 Å². The predicted octanol–water partition coefficient (Wildman–Crippen LogP) is 8.08. The first-order chi connectivity index (χ1) is 14.7. The minimum absolute atomic E-state index is 0.0843. The van der Waals surface area contributed by atoms with Gasteiger partial charge in [-0.1, -0.05) is 76.3 Å². The molecule has 1 unspecified atom stereocenters. The predicted molar refractivity (Wildman–Crippen MR) is 126 cm³/mol. The van der Waals surface area contributed by atoms with Crippen molar-refractivity contribution in [1.29, 1.82) is 0 Å². The van der Waals surface area contributed by atoms with Gasteiger partial charge in [-0.15, -0.1) is 0 Å². The molecule has 1 fully saturated rings. The van der Waals surface area contributed by atoms with Crippen LogP contribution >= 0.6 is 0 Å². The van der Waals surface area contributed by atoms with E-state index in [1.54, 1.807) is 0 Å². The third-order valence-corrected chi connectivity index (χ3v) is 7.33. The summed E-state index contributed by atoms with van der Waals surface area (Å²) in [5.41, 5.74) is 3.86. The Morgan fingerprint density at radius 2 is 1.57 bits per heavy atom. The number of carbonyl (C=O) groups is 1. The Morgan fingerprint density at radius 1 is 0.867 bits per heavy atom. The van der Waals surface area contributed by atoms with E-state index in [9.17, 15) is 4.79 Å². The van der Waals surface area contributed by atoms with Gasteiger partial charge in [0.1, 0.15) is 0 Å². The van der Waals surface area contributed by atoms with Gasteiger partial charge in [-0.3, -0.25) is 0 Å². The highest BCUT2D eigenvalue weighted by molar-refractivity contribution is 5.88. The van der Waals surface area contributed by atoms with E-state index >= 15 is 0 Å². The molecule has 0 amide bonds. The molecule has 1 saturated carbocycles. The van der Waals surface area contributed by atoms with Crippen molar-refractivity contribution < 1.29 is 9.53 Å². The Kier molecular flexibility index (Phi) is 9.49. The summed E-state index contributed by atoms with van der Waals surface area (Å²) in [6.07, 6.45) is 17.8. The molecule has 0 bridgehead atoms. The monoisotopic (exact) mass is 410 g/mol. The zero-order chi connectivity index (χ0) is 21.2. The number of carbonyl (C=O) groups excluding carboxylic acids is 1. The second kappa shape index (κ2) is 12.3.